The van der Waals surface area contributed by atoms with E-state index in [-0.39, 0.29) is 12.1 Å². The Morgan fingerprint density at radius 1 is 1.35 bits per heavy atom. The molecule has 0 spiro atoms. The zero-order valence-electron chi connectivity index (χ0n) is 10.1. The molecule has 0 N–H and O–H groups in total. The fourth-order valence-electron chi connectivity index (χ4n) is 1.91. The standard InChI is InChI=1S/C14H16O3/c1-10-7-8-17-13(9-10)11-3-5-12(6-4-11)14(15)16-2/h3-7,13H,8-9H2,1-2H3/t13-/m1/s1. The number of carbonyl (C=O) groups is 1. The van der Waals surface area contributed by atoms with E-state index in [1.165, 1.54) is 12.7 Å². The summed E-state index contributed by atoms with van der Waals surface area (Å²) < 4.78 is 10.3. The third-order valence-electron chi connectivity index (χ3n) is 2.94. The molecule has 0 fully saturated rings. The highest BCUT2D eigenvalue weighted by Crippen LogP contribution is 2.28. The summed E-state index contributed by atoms with van der Waals surface area (Å²) in [5.41, 5.74) is 3.02. The van der Waals surface area contributed by atoms with Gasteiger partial charge < -0.3 is 9.47 Å². The molecule has 1 aromatic carbocycles. The summed E-state index contributed by atoms with van der Waals surface area (Å²) in [4.78, 5) is 11.3. The van der Waals surface area contributed by atoms with Crippen LogP contribution in [0.5, 0.6) is 0 Å². The minimum Gasteiger partial charge on any atom is -0.465 e. The van der Waals surface area contributed by atoms with Crippen LogP contribution in [0.3, 0.4) is 0 Å². The molecule has 0 amide bonds. The molecule has 1 atom stereocenters. The summed E-state index contributed by atoms with van der Waals surface area (Å²) in [6.45, 7) is 2.77. The lowest BCUT2D eigenvalue weighted by Crippen LogP contribution is -2.10. The van der Waals surface area contributed by atoms with Gasteiger partial charge in [0.15, 0.2) is 0 Å². The topological polar surface area (TPSA) is 35.5 Å². The van der Waals surface area contributed by atoms with Gasteiger partial charge in [-0.3, -0.25) is 0 Å². The fourth-order valence-corrected chi connectivity index (χ4v) is 1.91. The molecule has 0 saturated heterocycles. The van der Waals surface area contributed by atoms with Crippen LogP contribution < -0.4 is 0 Å². The molecule has 1 heterocycles. The van der Waals surface area contributed by atoms with Crippen molar-refractivity contribution < 1.29 is 14.3 Å². The molecule has 1 aromatic rings. The zero-order chi connectivity index (χ0) is 12.3. The van der Waals surface area contributed by atoms with Crippen molar-refractivity contribution in [2.45, 2.75) is 19.4 Å². The zero-order valence-corrected chi connectivity index (χ0v) is 10.1. The van der Waals surface area contributed by atoms with Crippen LogP contribution in [0.25, 0.3) is 0 Å². The number of carbonyl (C=O) groups excluding carboxylic acids is 1. The third kappa shape index (κ3) is 2.74. The summed E-state index contributed by atoms with van der Waals surface area (Å²) >= 11 is 0. The fraction of sp³-hybridized carbons (Fsp3) is 0.357. The highest BCUT2D eigenvalue weighted by molar-refractivity contribution is 5.89. The Kier molecular flexibility index (Phi) is 3.59. The van der Waals surface area contributed by atoms with Gasteiger partial charge in [0.2, 0.25) is 0 Å². The maximum atomic E-state index is 11.3. The molecule has 0 unspecified atom stereocenters. The summed E-state index contributed by atoms with van der Waals surface area (Å²) in [6, 6.07) is 7.40. The maximum absolute atomic E-state index is 11.3. The summed E-state index contributed by atoms with van der Waals surface area (Å²) in [5.74, 6) is -0.308. The second-order valence-corrected chi connectivity index (χ2v) is 4.19. The SMILES string of the molecule is COC(=O)c1ccc([C@H]2CC(C)=CCO2)cc1. The predicted molar refractivity (Wildman–Crippen MR) is 64.8 cm³/mol. The van der Waals surface area contributed by atoms with Crippen LogP contribution in [0.4, 0.5) is 0 Å². The molecule has 0 aromatic heterocycles. The summed E-state index contributed by atoms with van der Waals surface area (Å²) in [5, 5.41) is 0. The van der Waals surface area contributed by atoms with Gasteiger partial charge in [-0.25, -0.2) is 4.79 Å². The molecular weight excluding hydrogens is 216 g/mol. The van der Waals surface area contributed by atoms with E-state index in [2.05, 4.69) is 17.7 Å². The first-order valence-electron chi connectivity index (χ1n) is 5.66. The highest BCUT2D eigenvalue weighted by Gasteiger charge is 2.16. The highest BCUT2D eigenvalue weighted by atomic mass is 16.5. The van der Waals surface area contributed by atoms with Crippen molar-refractivity contribution in [2.24, 2.45) is 0 Å². The Morgan fingerprint density at radius 2 is 2.06 bits per heavy atom. The van der Waals surface area contributed by atoms with Crippen LogP contribution in [0, 0.1) is 0 Å². The van der Waals surface area contributed by atoms with E-state index in [1.54, 1.807) is 12.1 Å². The van der Waals surface area contributed by atoms with Gasteiger partial charge in [0, 0.05) is 0 Å². The van der Waals surface area contributed by atoms with Gasteiger partial charge in [0.25, 0.3) is 0 Å². The van der Waals surface area contributed by atoms with E-state index in [9.17, 15) is 4.79 Å². The van der Waals surface area contributed by atoms with Gasteiger partial charge in [0.1, 0.15) is 0 Å². The molecule has 0 saturated carbocycles. The lowest BCUT2D eigenvalue weighted by atomic mass is 9.99. The minimum atomic E-state index is -0.308. The Labute approximate surface area is 101 Å². The number of ether oxygens (including phenoxy) is 2. The second-order valence-electron chi connectivity index (χ2n) is 4.19. The first-order valence-corrected chi connectivity index (χ1v) is 5.66. The Bertz CT molecular complexity index is 431. The van der Waals surface area contributed by atoms with Gasteiger partial charge in [-0.1, -0.05) is 23.8 Å². The van der Waals surface area contributed by atoms with E-state index in [1.807, 2.05) is 12.1 Å². The molecule has 17 heavy (non-hydrogen) atoms. The Hall–Kier alpha value is -1.61. The van der Waals surface area contributed by atoms with Gasteiger partial charge in [-0.05, 0) is 31.0 Å². The van der Waals surface area contributed by atoms with Crippen LogP contribution in [-0.4, -0.2) is 19.7 Å². The van der Waals surface area contributed by atoms with Crippen LogP contribution in [0.15, 0.2) is 35.9 Å². The van der Waals surface area contributed by atoms with Crippen LogP contribution in [0.1, 0.15) is 35.4 Å². The van der Waals surface area contributed by atoms with E-state index in [4.69, 9.17) is 4.74 Å². The first-order chi connectivity index (χ1) is 8.20. The number of esters is 1. The van der Waals surface area contributed by atoms with Gasteiger partial charge in [-0.2, -0.15) is 0 Å². The quantitative estimate of drug-likeness (QED) is 0.581. The number of methoxy groups -OCH3 is 1. The van der Waals surface area contributed by atoms with Crippen molar-refractivity contribution in [1.29, 1.82) is 0 Å². The van der Waals surface area contributed by atoms with E-state index in [0.717, 1.165) is 12.0 Å². The Morgan fingerprint density at radius 3 is 2.65 bits per heavy atom. The molecule has 90 valence electrons. The monoisotopic (exact) mass is 232 g/mol. The average molecular weight is 232 g/mol. The maximum Gasteiger partial charge on any atom is 0.337 e. The number of benzene rings is 1. The number of hydrogen-bond acceptors (Lipinski definition) is 3. The van der Waals surface area contributed by atoms with Gasteiger partial charge >= 0.3 is 5.97 Å². The molecular formula is C14H16O3. The minimum absolute atomic E-state index is 0.103. The largest absolute Gasteiger partial charge is 0.465 e. The summed E-state index contributed by atoms with van der Waals surface area (Å²) in [7, 11) is 1.38. The molecule has 0 radical (unpaired) electrons. The van der Waals surface area contributed by atoms with Gasteiger partial charge in [0.05, 0.1) is 25.4 Å². The van der Waals surface area contributed by atoms with E-state index >= 15 is 0 Å². The molecule has 3 heteroatoms. The second kappa shape index (κ2) is 5.15. The number of hydrogen-bond donors (Lipinski definition) is 0. The van der Waals surface area contributed by atoms with E-state index in [0.29, 0.717) is 12.2 Å². The first kappa shape index (κ1) is 11.9. The van der Waals surface area contributed by atoms with Crippen molar-refractivity contribution in [1.82, 2.24) is 0 Å². The van der Waals surface area contributed by atoms with Crippen molar-refractivity contribution in [2.75, 3.05) is 13.7 Å². The van der Waals surface area contributed by atoms with Crippen LogP contribution in [0.2, 0.25) is 0 Å². The van der Waals surface area contributed by atoms with Crippen LogP contribution >= 0.6 is 0 Å². The smallest absolute Gasteiger partial charge is 0.337 e. The Balaban J connectivity index is 2.13. The lowest BCUT2D eigenvalue weighted by molar-refractivity contribution is 0.0596. The van der Waals surface area contributed by atoms with Crippen molar-refractivity contribution in [3.8, 4) is 0 Å². The molecule has 1 aliphatic heterocycles. The van der Waals surface area contributed by atoms with Crippen molar-refractivity contribution >= 4 is 5.97 Å². The van der Waals surface area contributed by atoms with E-state index < -0.39 is 0 Å². The number of rotatable bonds is 2. The van der Waals surface area contributed by atoms with Crippen molar-refractivity contribution in [3.05, 3.63) is 47.0 Å². The average Bonchev–Trinajstić information content (AvgIpc) is 2.38. The summed E-state index contributed by atoms with van der Waals surface area (Å²) in [6.07, 6.45) is 3.11. The van der Waals surface area contributed by atoms with Crippen LogP contribution in [-0.2, 0) is 9.47 Å². The molecule has 1 aliphatic rings. The third-order valence-corrected chi connectivity index (χ3v) is 2.94. The molecule has 0 bridgehead atoms. The van der Waals surface area contributed by atoms with Crippen molar-refractivity contribution in [3.63, 3.8) is 0 Å². The molecule has 2 rings (SSSR count). The predicted octanol–water partition coefficient (Wildman–Crippen LogP) is 2.88. The molecule has 0 aliphatic carbocycles. The van der Waals surface area contributed by atoms with Gasteiger partial charge in [-0.15, -0.1) is 0 Å². The lowest BCUT2D eigenvalue weighted by Gasteiger charge is -2.22. The molecule has 3 nitrogen and oxygen atoms in total. The normalized spacial score (nSPS) is 19.6.